The highest BCUT2D eigenvalue weighted by molar-refractivity contribution is 5.78. The number of benzene rings is 1. The van der Waals surface area contributed by atoms with Crippen molar-refractivity contribution in [2.45, 2.75) is 71.9 Å². The van der Waals surface area contributed by atoms with E-state index >= 15 is 0 Å². The summed E-state index contributed by atoms with van der Waals surface area (Å²) in [6.07, 6.45) is 3.90. The Morgan fingerprint density at radius 3 is 2.50 bits per heavy atom. The summed E-state index contributed by atoms with van der Waals surface area (Å²) >= 11 is 0. The summed E-state index contributed by atoms with van der Waals surface area (Å²) in [6.45, 7) is 8.41. The van der Waals surface area contributed by atoms with Crippen LogP contribution in [0.15, 0.2) is 18.2 Å². The molecule has 7 nitrogen and oxygen atoms in total. The molecule has 0 heterocycles. The van der Waals surface area contributed by atoms with Gasteiger partial charge in [-0.25, -0.2) is 0 Å². The average Bonchev–Trinajstić information content (AvgIpc) is 2.80. The Kier molecular flexibility index (Phi) is 8.50. The molecule has 3 rings (SSSR count). The number of nitrogens with one attached hydrogen (secondary N) is 2. The SMILES string of the molecule is COc1ccc(CCNC(=O)[C@@H](C)[C@H]2CC[C@@]3(C)CC[C@H](NC(C)=O)[C@@H](C)[C@@H]3[C@H]2O)cc1OC. The van der Waals surface area contributed by atoms with E-state index < -0.39 is 6.10 Å². The molecule has 0 radical (unpaired) electrons. The molecule has 2 aliphatic rings. The predicted octanol–water partition coefficient (Wildman–Crippen LogP) is 3.33. The standard InChI is InChI=1S/C27H42N2O5/c1-16(26(32)28-14-11-19-7-8-22(33-5)23(15-19)34-6)20-9-12-27(4)13-10-21(29-18(3)30)17(2)24(27)25(20)31/h7-8,15-17,20-21,24-25,31H,9-14H2,1-6H3,(H,28,32)(H,29,30)/t16-,17+,20+,21-,24+,25-,27-/m0/s1. The first-order chi connectivity index (χ1) is 16.1. The van der Waals surface area contributed by atoms with Crippen LogP contribution in [-0.2, 0) is 16.0 Å². The first-order valence-corrected chi connectivity index (χ1v) is 12.5. The number of methoxy groups -OCH3 is 2. The summed E-state index contributed by atoms with van der Waals surface area (Å²) in [5.74, 6) is 1.18. The van der Waals surface area contributed by atoms with E-state index in [1.165, 1.54) is 0 Å². The first kappa shape index (κ1) is 26.3. The summed E-state index contributed by atoms with van der Waals surface area (Å²) < 4.78 is 10.6. The van der Waals surface area contributed by atoms with Gasteiger partial charge in [-0.1, -0.05) is 26.8 Å². The molecular formula is C27H42N2O5. The summed E-state index contributed by atoms with van der Waals surface area (Å²) in [7, 11) is 3.21. The number of rotatable bonds is 8. The maximum absolute atomic E-state index is 13.0. The Labute approximate surface area is 204 Å². The number of carbonyl (C=O) groups is 2. The minimum absolute atomic E-state index is 0.0185. The average molecular weight is 475 g/mol. The highest BCUT2D eigenvalue weighted by Crippen LogP contribution is 2.55. The molecule has 7 heteroatoms. The lowest BCUT2D eigenvalue weighted by Crippen LogP contribution is -2.58. The molecule has 0 spiro atoms. The molecule has 190 valence electrons. The topological polar surface area (TPSA) is 96.9 Å². The van der Waals surface area contributed by atoms with E-state index in [2.05, 4.69) is 24.5 Å². The van der Waals surface area contributed by atoms with Crippen molar-refractivity contribution in [3.05, 3.63) is 23.8 Å². The Morgan fingerprint density at radius 2 is 1.85 bits per heavy atom. The van der Waals surface area contributed by atoms with Crippen LogP contribution in [0.4, 0.5) is 0 Å². The van der Waals surface area contributed by atoms with Crippen LogP contribution in [0.5, 0.6) is 11.5 Å². The predicted molar refractivity (Wildman–Crippen MR) is 132 cm³/mol. The third-order valence-electron chi connectivity index (χ3n) is 8.49. The van der Waals surface area contributed by atoms with E-state index in [-0.39, 0.29) is 46.9 Å². The van der Waals surface area contributed by atoms with Crippen molar-refractivity contribution >= 4 is 11.8 Å². The zero-order valence-electron chi connectivity index (χ0n) is 21.5. The normalized spacial score (nSPS) is 31.7. The molecule has 34 heavy (non-hydrogen) atoms. The number of fused-ring (bicyclic) bond motifs is 1. The fourth-order valence-electron chi connectivity index (χ4n) is 6.48. The molecule has 1 aromatic carbocycles. The minimum atomic E-state index is -0.558. The second kappa shape index (κ2) is 11.0. The highest BCUT2D eigenvalue weighted by Gasteiger charge is 2.53. The van der Waals surface area contributed by atoms with Gasteiger partial charge in [-0.05, 0) is 73.0 Å². The molecule has 2 fully saturated rings. The van der Waals surface area contributed by atoms with Crippen molar-refractivity contribution in [1.29, 1.82) is 0 Å². The van der Waals surface area contributed by atoms with Gasteiger partial charge in [0.05, 0.1) is 20.3 Å². The number of amides is 2. The van der Waals surface area contributed by atoms with Crippen LogP contribution >= 0.6 is 0 Å². The zero-order valence-corrected chi connectivity index (χ0v) is 21.5. The molecule has 2 amide bonds. The van der Waals surface area contributed by atoms with Crippen molar-refractivity contribution in [2.24, 2.45) is 29.1 Å². The number of aliphatic hydroxyl groups excluding tert-OH is 1. The number of carbonyl (C=O) groups excluding carboxylic acids is 2. The molecular weight excluding hydrogens is 432 g/mol. The van der Waals surface area contributed by atoms with Gasteiger partial charge in [0.15, 0.2) is 11.5 Å². The quantitative estimate of drug-likeness (QED) is 0.537. The van der Waals surface area contributed by atoms with Crippen molar-refractivity contribution in [2.75, 3.05) is 20.8 Å². The molecule has 0 saturated heterocycles. The molecule has 0 aromatic heterocycles. The van der Waals surface area contributed by atoms with E-state index in [0.717, 1.165) is 31.2 Å². The van der Waals surface area contributed by atoms with Crippen LogP contribution in [0.25, 0.3) is 0 Å². The second-order valence-electron chi connectivity index (χ2n) is 10.6. The lowest BCUT2D eigenvalue weighted by atomic mass is 9.51. The number of aliphatic hydroxyl groups is 1. The third kappa shape index (κ3) is 5.51. The van der Waals surface area contributed by atoms with Gasteiger partial charge in [-0.3, -0.25) is 9.59 Å². The maximum Gasteiger partial charge on any atom is 0.223 e. The van der Waals surface area contributed by atoms with Gasteiger partial charge in [0.2, 0.25) is 11.8 Å². The van der Waals surface area contributed by atoms with Crippen molar-refractivity contribution in [3.8, 4) is 11.5 Å². The zero-order chi connectivity index (χ0) is 25.0. The van der Waals surface area contributed by atoms with Gasteiger partial charge in [0, 0.05) is 25.4 Å². The van der Waals surface area contributed by atoms with Crippen molar-refractivity contribution in [1.82, 2.24) is 10.6 Å². The molecule has 1 aromatic rings. The molecule has 0 aliphatic heterocycles. The highest BCUT2D eigenvalue weighted by atomic mass is 16.5. The third-order valence-corrected chi connectivity index (χ3v) is 8.49. The maximum atomic E-state index is 13.0. The van der Waals surface area contributed by atoms with Gasteiger partial charge in [0.25, 0.3) is 0 Å². The monoisotopic (exact) mass is 474 g/mol. The van der Waals surface area contributed by atoms with Gasteiger partial charge in [-0.2, -0.15) is 0 Å². The Bertz CT molecular complexity index is 875. The largest absolute Gasteiger partial charge is 0.493 e. The summed E-state index contributed by atoms with van der Waals surface area (Å²) in [5, 5.41) is 17.6. The molecule has 7 atom stereocenters. The minimum Gasteiger partial charge on any atom is -0.493 e. The Morgan fingerprint density at radius 1 is 1.18 bits per heavy atom. The summed E-state index contributed by atoms with van der Waals surface area (Å²) in [5.41, 5.74) is 1.10. The van der Waals surface area contributed by atoms with E-state index in [1.807, 2.05) is 25.1 Å². The van der Waals surface area contributed by atoms with Crippen LogP contribution in [0.1, 0.15) is 58.9 Å². The van der Waals surface area contributed by atoms with Crippen LogP contribution in [0.2, 0.25) is 0 Å². The van der Waals surface area contributed by atoms with Gasteiger partial charge < -0.3 is 25.2 Å². The lowest BCUT2D eigenvalue weighted by molar-refractivity contribution is -0.143. The Balaban J connectivity index is 1.60. The fourth-order valence-corrected chi connectivity index (χ4v) is 6.48. The molecule has 0 bridgehead atoms. The second-order valence-corrected chi connectivity index (χ2v) is 10.6. The fraction of sp³-hybridized carbons (Fsp3) is 0.704. The van der Waals surface area contributed by atoms with Crippen LogP contribution in [0, 0.1) is 29.1 Å². The van der Waals surface area contributed by atoms with Gasteiger partial charge >= 0.3 is 0 Å². The molecule has 0 unspecified atom stereocenters. The Hall–Kier alpha value is -2.28. The summed E-state index contributed by atoms with van der Waals surface area (Å²) in [4.78, 5) is 24.7. The van der Waals surface area contributed by atoms with E-state index in [0.29, 0.717) is 24.5 Å². The number of hydrogen-bond donors (Lipinski definition) is 3. The number of hydrogen-bond acceptors (Lipinski definition) is 5. The van der Waals surface area contributed by atoms with E-state index in [9.17, 15) is 14.7 Å². The first-order valence-electron chi connectivity index (χ1n) is 12.5. The van der Waals surface area contributed by atoms with Crippen LogP contribution in [0.3, 0.4) is 0 Å². The van der Waals surface area contributed by atoms with E-state index in [4.69, 9.17) is 9.47 Å². The van der Waals surface area contributed by atoms with Gasteiger partial charge in [-0.15, -0.1) is 0 Å². The molecule has 2 aliphatic carbocycles. The van der Waals surface area contributed by atoms with Crippen LogP contribution in [-0.4, -0.2) is 49.8 Å². The van der Waals surface area contributed by atoms with Crippen molar-refractivity contribution in [3.63, 3.8) is 0 Å². The van der Waals surface area contributed by atoms with E-state index in [1.54, 1.807) is 21.1 Å². The smallest absolute Gasteiger partial charge is 0.223 e. The van der Waals surface area contributed by atoms with Gasteiger partial charge in [0.1, 0.15) is 0 Å². The number of ether oxygens (including phenoxy) is 2. The van der Waals surface area contributed by atoms with Crippen LogP contribution < -0.4 is 20.1 Å². The van der Waals surface area contributed by atoms with Crippen molar-refractivity contribution < 1.29 is 24.2 Å². The molecule has 3 N–H and O–H groups in total. The molecule has 2 saturated carbocycles. The lowest BCUT2D eigenvalue weighted by Gasteiger charge is -2.56. The summed E-state index contributed by atoms with van der Waals surface area (Å²) in [6, 6.07) is 5.84.